The molecule has 0 fully saturated rings. The Morgan fingerprint density at radius 3 is 2.40 bits per heavy atom. The molecule has 0 aliphatic carbocycles. The van der Waals surface area contributed by atoms with Crippen molar-refractivity contribution in [1.29, 1.82) is 0 Å². The van der Waals surface area contributed by atoms with Gasteiger partial charge in [-0.1, -0.05) is 6.92 Å². The van der Waals surface area contributed by atoms with Gasteiger partial charge in [-0.3, -0.25) is 9.78 Å². The number of pyridine rings is 2. The first kappa shape index (κ1) is 18.9. The Bertz CT molecular complexity index is 851. The first-order chi connectivity index (χ1) is 11.7. The summed E-state index contributed by atoms with van der Waals surface area (Å²) in [6.45, 7) is 1.92. The van der Waals surface area contributed by atoms with Crippen molar-refractivity contribution in [3.8, 4) is 0 Å². The molecule has 0 unspecified atom stereocenters. The van der Waals surface area contributed by atoms with Gasteiger partial charge in [0.2, 0.25) is 0 Å². The van der Waals surface area contributed by atoms with Crippen molar-refractivity contribution in [2.75, 3.05) is 25.3 Å². The van der Waals surface area contributed by atoms with Crippen LogP contribution >= 0.6 is 0 Å². The average Bonchev–Trinajstić information content (AvgIpc) is 2.59. The molecule has 0 saturated heterocycles. The molecule has 0 radical (unpaired) electrons. The summed E-state index contributed by atoms with van der Waals surface area (Å²) in [4.78, 5) is 22.2. The lowest BCUT2D eigenvalue weighted by Gasteiger charge is -2.21. The van der Waals surface area contributed by atoms with Crippen molar-refractivity contribution < 1.29 is 13.2 Å². The fraction of sp³-hybridized carbons (Fsp3) is 0.353. The van der Waals surface area contributed by atoms with Gasteiger partial charge in [0, 0.05) is 38.3 Å². The number of rotatable bonds is 6. The van der Waals surface area contributed by atoms with E-state index < -0.39 is 9.84 Å². The maximum absolute atomic E-state index is 12.4. The molecule has 1 N–H and O–H groups in total. The van der Waals surface area contributed by atoms with E-state index in [9.17, 15) is 13.2 Å². The Morgan fingerprint density at radius 1 is 1.24 bits per heavy atom. The standard InChI is InChI=1S/C17H22N4O3S/c1-5-14(19-17(22)12-6-8-18-9-7-12)13-10-15(21(2)3)20-16(11-13)25(4,23)24/h6-11,14H,5H2,1-4H3,(H,19,22)/t14-/m0/s1. The highest BCUT2D eigenvalue weighted by Gasteiger charge is 2.19. The molecule has 0 aromatic carbocycles. The molecule has 2 aromatic heterocycles. The summed E-state index contributed by atoms with van der Waals surface area (Å²) in [6, 6.07) is 6.23. The summed E-state index contributed by atoms with van der Waals surface area (Å²) in [5.74, 6) is 0.285. The van der Waals surface area contributed by atoms with Crippen molar-refractivity contribution in [2.45, 2.75) is 24.4 Å². The summed E-state index contributed by atoms with van der Waals surface area (Å²) >= 11 is 0. The van der Waals surface area contributed by atoms with Gasteiger partial charge < -0.3 is 10.2 Å². The Labute approximate surface area is 148 Å². The maximum Gasteiger partial charge on any atom is 0.251 e. The van der Waals surface area contributed by atoms with Crippen molar-refractivity contribution >= 4 is 21.6 Å². The third-order valence-electron chi connectivity index (χ3n) is 3.71. The molecule has 0 spiro atoms. The van der Waals surface area contributed by atoms with Crippen LogP contribution in [0.4, 0.5) is 5.82 Å². The van der Waals surface area contributed by atoms with Crippen LogP contribution in [0.25, 0.3) is 0 Å². The molecule has 2 aromatic rings. The number of anilines is 1. The number of carbonyl (C=O) groups excluding carboxylic acids is 1. The van der Waals surface area contributed by atoms with Gasteiger partial charge >= 0.3 is 0 Å². The molecule has 7 nitrogen and oxygen atoms in total. The minimum absolute atomic E-state index is 0.00897. The van der Waals surface area contributed by atoms with E-state index in [0.29, 0.717) is 23.4 Å². The van der Waals surface area contributed by atoms with E-state index in [4.69, 9.17) is 0 Å². The lowest BCUT2D eigenvalue weighted by atomic mass is 10.0. The molecule has 0 bridgehead atoms. The number of hydrogen-bond acceptors (Lipinski definition) is 6. The smallest absolute Gasteiger partial charge is 0.251 e. The van der Waals surface area contributed by atoms with Crippen LogP contribution in [0.15, 0.2) is 41.7 Å². The van der Waals surface area contributed by atoms with Crippen molar-refractivity contribution in [2.24, 2.45) is 0 Å². The molecule has 1 amide bonds. The quantitative estimate of drug-likeness (QED) is 0.843. The number of nitrogens with one attached hydrogen (secondary N) is 1. The fourth-order valence-corrected chi connectivity index (χ4v) is 2.91. The zero-order chi connectivity index (χ0) is 18.6. The first-order valence-electron chi connectivity index (χ1n) is 7.82. The van der Waals surface area contributed by atoms with Crippen LogP contribution < -0.4 is 10.2 Å². The molecule has 1 atom stereocenters. The number of carbonyl (C=O) groups is 1. The third-order valence-corrected chi connectivity index (χ3v) is 4.68. The normalized spacial score (nSPS) is 12.5. The maximum atomic E-state index is 12.4. The molecule has 2 rings (SSSR count). The Balaban J connectivity index is 2.39. The highest BCUT2D eigenvalue weighted by Crippen LogP contribution is 2.24. The highest BCUT2D eigenvalue weighted by atomic mass is 32.2. The van der Waals surface area contributed by atoms with Gasteiger partial charge in [0.05, 0.1) is 6.04 Å². The van der Waals surface area contributed by atoms with Gasteiger partial charge in [0.15, 0.2) is 14.9 Å². The molecule has 0 aliphatic rings. The Morgan fingerprint density at radius 2 is 1.88 bits per heavy atom. The predicted molar refractivity (Wildman–Crippen MR) is 96.4 cm³/mol. The fourth-order valence-electron chi connectivity index (χ4n) is 2.30. The van der Waals surface area contributed by atoms with E-state index in [1.807, 2.05) is 6.92 Å². The monoisotopic (exact) mass is 362 g/mol. The van der Waals surface area contributed by atoms with Gasteiger partial charge in [-0.25, -0.2) is 13.4 Å². The SMILES string of the molecule is CC[C@H](NC(=O)c1ccncc1)c1cc(N(C)C)nc(S(C)(=O)=O)c1. The molecule has 8 heteroatoms. The van der Waals surface area contributed by atoms with Gasteiger partial charge in [0.1, 0.15) is 5.82 Å². The van der Waals surface area contributed by atoms with E-state index in [2.05, 4.69) is 15.3 Å². The van der Waals surface area contributed by atoms with Crippen LogP contribution in [-0.2, 0) is 9.84 Å². The van der Waals surface area contributed by atoms with E-state index >= 15 is 0 Å². The second-order valence-electron chi connectivity index (χ2n) is 5.93. The summed E-state index contributed by atoms with van der Waals surface area (Å²) < 4.78 is 23.9. The van der Waals surface area contributed by atoms with Crippen molar-refractivity contribution in [3.05, 3.63) is 47.8 Å². The second-order valence-corrected chi connectivity index (χ2v) is 7.90. The average molecular weight is 362 g/mol. The van der Waals surface area contributed by atoms with Crippen molar-refractivity contribution in [1.82, 2.24) is 15.3 Å². The molecule has 0 aliphatic heterocycles. The van der Waals surface area contributed by atoms with Gasteiger partial charge in [-0.2, -0.15) is 0 Å². The predicted octanol–water partition coefficient (Wildman–Crippen LogP) is 1.83. The molecular weight excluding hydrogens is 340 g/mol. The van der Waals surface area contributed by atoms with E-state index in [1.54, 1.807) is 49.6 Å². The summed E-state index contributed by atoms with van der Waals surface area (Å²) in [7, 11) is 0.110. The number of amides is 1. The second kappa shape index (κ2) is 7.60. The van der Waals surface area contributed by atoms with Gasteiger partial charge in [-0.15, -0.1) is 0 Å². The largest absolute Gasteiger partial charge is 0.363 e. The third kappa shape index (κ3) is 4.76. The van der Waals surface area contributed by atoms with Crippen LogP contribution in [0, 0.1) is 0 Å². The Kier molecular flexibility index (Phi) is 5.73. The van der Waals surface area contributed by atoms with Gasteiger partial charge in [0.25, 0.3) is 5.91 Å². The van der Waals surface area contributed by atoms with Crippen LogP contribution in [0.3, 0.4) is 0 Å². The molecule has 134 valence electrons. The Hall–Kier alpha value is -2.48. The first-order valence-corrected chi connectivity index (χ1v) is 9.71. The summed E-state index contributed by atoms with van der Waals surface area (Å²) in [5, 5.41) is 2.93. The van der Waals surface area contributed by atoms with Gasteiger partial charge in [-0.05, 0) is 36.2 Å². The lowest BCUT2D eigenvalue weighted by Crippen LogP contribution is -2.28. The van der Waals surface area contributed by atoms with Crippen LogP contribution in [-0.4, -0.2) is 44.6 Å². The highest BCUT2D eigenvalue weighted by molar-refractivity contribution is 7.90. The number of nitrogens with zero attached hydrogens (tertiary/aromatic N) is 3. The van der Waals surface area contributed by atoms with Crippen LogP contribution in [0.5, 0.6) is 0 Å². The summed E-state index contributed by atoms with van der Waals surface area (Å²) in [5.41, 5.74) is 1.20. The zero-order valence-corrected chi connectivity index (χ0v) is 15.5. The molecule has 25 heavy (non-hydrogen) atoms. The topological polar surface area (TPSA) is 92.3 Å². The van der Waals surface area contributed by atoms with E-state index in [0.717, 1.165) is 6.26 Å². The molecule has 0 saturated carbocycles. The van der Waals surface area contributed by atoms with Crippen molar-refractivity contribution in [3.63, 3.8) is 0 Å². The lowest BCUT2D eigenvalue weighted by molar-refractivity contribution is 0.0935. The molecule has 2 heterocycles. The zero-order valence-electron chi connectivity index (χ0n) is 14.7. The summed E-state index contributed by atoms with van der Waals surface area (Å²) in [6.07, 6.45) is 4.83. The van der Waals surface area contributed by atoms with Crippen LogP contribution in [0.2, 0.25) is 0 Å². The number of sulfone groups is 1. The number of aromatic nitrogens is 2. The van der Waals surface area contributed by atoms with E-state index in [1.165, 1.54) is 6.07 Å². The molecular formula is C17H22N4O3S. The number of hydrogen-bond donors (Lipinski definition) is 1. The minimum atomic E-state index is -3.46. The van der Waals surface area contributed by atoms with Crippen LogP contribution in [0.1, 0.15) is 35.3 Å². The van der Waals surface area contributed by atoms with E-state index in [-0.39, 0.29) is 17.0 Å². The minimum Gasteiger partial charge on any atom is -0.363 e.